The lowest BCUT2D eigenvalue weighted by Gasteiger charge is -2.22. The molecular formula is C13H22N2O. The first kappa shape index (κ1) is 13.2. The molecule has 1 aromatic carbocycles. The first-order valence-electron chi connectivity index (χ1n) is 5.68. The number of aliphatic hydroxyl groups is 1. The highest BCUT2D eigenvalue weighted by atomic mass is 16.3. The van der Waals surface area contributed by atoms with Crippen molar-refractivity contribution in [2.24, 2.45) is 11.5 Å². The van der Waals surface area contributed by atoms with Gasteiger partial charge in [-0.05, 0) is 50.4 Å². The van der Waals surface area contributed by atoms with Crippen LogP contribution in [0.4, 0.5) is 0 Å². The smallest absolute Gasteiger partial charge is 0.0946 e. The van der Waals surface area contributed by atoms with Gasteiger partial charge in [0.15, 0.2) is 0 Å². The lowest BCUT2D eigenvalue weighted by atomic mass is 9.91. The molecule has 0 bridgehead atoms. The molecule has 5 N–H and O–H groups in total. The van der Waals surface area contributed by atoms with E-state index in [-0.39, 0.29) is 6.04 Å². The van der Waals surface area contributed by atoms with Gasteiger partial charge in [0.1, 0.15) is 0 Å². The van der Waals surface area contributed by atoms with Gasteiger partial charge in [0.25, 0.3) is 0 Å². The summed E-state index contributed by atoms with van der Waals surface area (Å²) in [5.74, 6) is 0. The quantitative estimate of drug-likeness (QED) is 0.719. The fraction of sp³-hybridized carbons (Fsp3) is 0.538. The summed E-state index contributed by atoms with van der Waals surface area (Å²) in [6, 6.07) is 3.85. The first-order valence-corrected chi connectivity index (χ1v) is 5.68. The molecule has 1 aromatic rings. The van der Waals surface area contributed by atoms with Gasteiger partial charge in [0.2, 0.25) is 0 Å². The van der Waals surface area contributed by atoms with E-state index in [1.165, 1.54) is 5.56 Å². The highest BCUT2D eigenvalue weighted by Crippen LogP contribution is 2.25. The van der Waals surface area contributed by atoms with Crippen LogP contribution in [0, 0.1) is 20.8 Å². The van der Waals surface area contributed by atoms with E-state index >= 15 is 0 Å². The summed E-state index contributed by atoms with van der Waals surface area (Å²) >= 11 is 0. The molecule has 1 rings (SSSR count). The monoisotopic (exact) mass is 222 g/mol. The zero-order valence-electron chi connectivity index (χ0n) is 10.3. The molecule has 2 unspecified atom stereocenters. The molecule has 0 saturated heterocycles. The minimum absolute atomic E-state index is 0.287. The summed E-state index contributed by atoms with van der Waals surface area (Å²) in [7, 11) is 0. The largest absolute Gasteiger partial charge is 0.387 e. The molecule has 0 saturated carbocycles. The van der Waals surface area contributed by atoms with Gasteiger partial charge in [0.05, 0.1) is 6.10 Å². The number of hydrogen-bond donors (Lipinski definition) is 3. The molecule has 0 aliphatic heterocycles. The molecule has 0 radical (unpaired) electrons. The Hall–Kier alpha value is -0.900. The Kier molecular flexibility index (Phi) is 4.47. The van der Waals surface area contributed by atoms with Crippen LogP contribution in [0.1, 0.15) is 34.8 Å². The van der Waals surface area contributed by atoms with E-state index in [1.54, 1.807) is 0 Å². The third kappa shape index (κ3) is 2.82. The predicted octanol–water partition coefficient (Wildman–Crippen LogP) is 1.32. The molecule has 90 valence electrons. The average Bonchev–Trinajstić information content (AvgIpc) is 2.16. The van der Waals surface area contributed by atoms with Gasteiger partial charge in [-0.1, -0.05) is 17.7 Å². The molecule has 3 nitrogen and oxygen atoms in total. The van der Waals surface area contributed by atoms with E-state index in [4.69, 9.17) is 11.5 Å². The van der Waals surface area contributed by atoms with Crippen LogP contribution in [0.3, 0.4) is 0 Å². The maximum Gasteiger partial charge on any atom is 0.0946 e. The third-order valence-corrected chi connectivity index (χ3v) is 2.94. The Labute approximate surface area is 97.5 Å². The number of hydrogen-bond acceptors (Lipinski definition) is 3. The molecule has 0 fully saturated rings. The van der Waals surface area contributed by atoms with Crippen molar-refractivity contribution in [1.82, 2.24) is 0 Å². The number of rotatable bonds is 4. The summed E-state index contributed by atoms with van der Waals surface area (Å²) in [5.41, 5.74) is 15.7. The molecule has 2 atom stereocenters. The van der Waals surface area contributed by atoms with E-state index in [2.05, 4.69) is 19.1 Å². The van der Waals surface area contributed by atoms with Gasteiger partial charge >= 0.3 is 0 Å². The summed E-state index contributed by atoms with van der Waals surface area (Å²) in [6.07, 6.45) is 0.0117. The van der Waals surface area contributed by atoms with Crippen LogP contribution in [0.15, 0.2) is 12.1 Å². The van der Waals surface area contributed by atoms with Crippen molar-refractivity contribution in [2.75, 3.05) is 6.54 Å². The molecule has 16 heavy (non-hydrogen) atoms. The molecule has 0 aliphatic carbocycles. The van der Waals surface area contributed by atoms with Crippen molar-refractivity contribution >= 4 is 0 Å². The van der Waals surface area contributed by atoms with Crippen LogP contribution in [-0.4, -0.2) is 17.7 Å². The maximum atomic E-state index is 10.2. The van der Waals surface area contributed by atoms with Gasteiger partial charge in [-0.15, -0.1) is 0 Å². The predicted molar refractivity (Wildman–Crippen MR) is 67.3 cm³/mol. The van der Waals surface area contributed by atoms with E-state index in [9.17, 15) is 5.11 Å². The fourth-order valence-corrected chi connectivity index (χ4v) is 2.22. The summed E-state index contributed by atoms with van der Waals surface area (Å²) < 4.78 is 0. The molecular weight excluding hydrogens is 200 g/mol. The zero-order chi connectivity index (χ0) is 12.3. The summed E-state index contributed by atoms with van der Waals surface area (Å²) in [4.78, 5) is 0. The maximum absolute atomic E-state index is 10.2. The second kappa shape index (κ2) is 5.43. The molecule has 0 spiro atoms. The van der Waals surface area contributed by atoms with Crippen LogP contribution in [-0.2, 0) is 0 Å². The Morgan fingerprint density at radius 2 is 1.69 bits per heavy atom. The summed E-state index contributed by atoms with van der Waals surface area (Å²) in [6.45, 7) is 6.57. The van der Waals surface area contributed by atoms with Crippen molar-refractivity contribution in [1.29, 1.82) is 0 Å². The molecule has 0 heterocycles. The number of nitrogens with two attached hydrogens (primary N) is 2. The zero-order valence-corrected chi connectivity index (χ0v) is 10.3. The first-order chi connectivity index (χ1) is 7.47. The summed E-state index contributed by atoms with van der Waals surface area (Å²) in [5, 5.41) is 10.2. The van der Waals surface area contributed by atoms with E-state index < -0.39 is 6.10 Å². The fourth-order valence-electron chi connectivity index (χ4n) is 2.22. The standard InChI is InChI=1S/C13H22N2O/c1-8-6-9(2)12(10(3)7-8)13(16)11(15)4-5-14/h6-7,11,13,16H,4-5,14-15H2,1-3H3. The van der Waals surface area contributed by atoms with Gasteiger partial charge < -0.3 is 16.6 Å². The average molecular weight is 222 g/mol. The Morgan fingerprint density at radius 1 is 1.19 bits per heavy atom. The molecule has 0 aliphatic rings. The van der Waals surface area contributed by atoms with Crippen LogP contribution in [0.25, 0.3) is 0 Å². The Bertz CT molecular complexity index is 340. The normalized spacial score (nSPS) is 14.9. The number of benzene rings is 1. The third-order valence-electron chi connectivity index (χ3n) is 2.94. The van der Waals surface area contributed by atoms with Crippen molar-refractivity contribution in [3.8, 4) is 0 Å². The lowest BCUT2D eigenvalue weighted by Crippen LogP contribution is -2.31. The van der Waals surface area contributed by atoms with Crippen molar-refractivity contribution < 1.29 is 5.11 Å². The second-order valence-corrected chi connectivity index (χ2v) is 4.50. The van der Waals surface area contributed by atoms with Gasteiger partial charge in [-0.2, -0.15) is 0 Å². The molecule has 3 heteroatoms. The van der Waals surface area contributed by atoms with Crippen LogP contribution in [0.2, 0.25) is 0 Å². The van der Waals surface area contributed by atoms with Gasteiger partial charge in [0, 0.05) is 6.04 Å². The lowest BCUT2D eigenvalue weighted by molar-refractivity contribution is 0.142. The van der Waals surface area contributed by atoms with E-state index in [1.807, 2.05) is 13.8 Å². The van der Waals surface area contributed by atoms with Crippen molar-refractivity contribution in [2.45, 2.75) is 39.3 Å². The molecule has 0 amide bonds. The second-order valence-electron chi connectivity index (χ2n) is 4.50. The Balaban J connectivity index is 3.03. The van der Waals surface area contributed by atoms with Crippen molar-refractivity contribution in [3.05, 3.63) is 34.4 Å². The number of aryl methyl sites for hydroxylation is 3. The van der Waals surface area contributed by atoms with Crippen molar-refractivity contribution in [3.63, 3.8) is 0 Å². The van der Waals surface area contributed by atoms with E-state index in [0.29, 0.717) is 13.0 Å². The molecule has 0 aromatic heterocycles. The van der Waals surface area contributed by atoms with Crippen LogP contribution in [0.5, 0.6) is 0 Å². The topological polar surface area (TPSA) is 72.3 Å². The highest BCUT2D eigenvalue weighted by molar-refractivity contribution is 5.39. The van der Waals surface area contributed by atoms with E-state index in [0.717, 1.165) is 16.7 Å². The van der Waals surface area contributed by atoms with Crippen LogP contribution < -0.4 is 11.5 Å². The SMILES string of the molecule is Cc1cc(C)c(C(O)C(N)CCN)c(C)c1. The van der Waals surface area contributed by atoms with Crippen LogP contribution >= 0.6 is 0 Å². The Morgan fingerprint density at radius 3 is 2.12 bits per heavy atom. The minimum Gasteiger partial charge on any atom is -0.387 e. The minimum atomic E-state index is -0.621. The van der Waals surface area contributed by atoms with Gasteiger partial charge in [-0.3, -0.25) is 0 Å². The highest BCUT2D eigenvalue weighted by Gasteiger charge is 2.20. The van der Waals surface area contributed by atoms with Gasteiger partial charge in [-0.25, -0.2) is 0 Å². The number of aliphatic hydroxyl groups excluding tert-OH is 1.